The highest BCUT2D eigenvalue weighted by molar-refractivity contribution is 5.97. The fraction of sp³-hybridized carbons (Fsp3) is 0.440. The van der Waals surface area contributed by atoms with Gasteiger partial charge in [-0.25, -0.2) is 0 Å². The summed E-state index contributed by atoms with van der Waals surface area (Å²) in [5.41, 5.74) is 1.65. The van der Waals surface area contributed by atoms with Crippen LogP contribution in [0.1, 0.15) is 25.8 Å². The van der Waals surface area contributed by atoms with Crippen LogP contribution in [0.15, 0.2) is 36.4 Å². The average molecular weight is 457 g/mol. The molecule has 2 aromatic carbocycles. The highest BCUT2D eigenvalue weighted by Crippen LogP contribution is 2.31. The van der Waals surface area contributed by atoms with Crippen LogP contribution in [0, 0.1) is 5.92 Å². The van der Waals surface area contributed by atoms with E-state index in [1.54, 1.807) is 37.3 Å². The molecule has 1 saturated heterocycles. The molecule has 0 spiro atoms. The molecular weight excluding hydrogens is 424 g/mol. The Kier molecular flexibility index (Phi) is 8.40. The maximum absolute atomic E-state index is 12.8. The number of hydrogen-bond donors (Lipinski definition) is 1. The summed E-state index contributed by atoms with van der Waals surface area (Å²) >= 11 is 0. The van der Waals surface area contributed by atoms with E-state index in [1.165, 1.54) is 0 Å². The van der Waals surface area contributed by atoms with E-state index in [9.17, 15) is 9.59 Å². The number of benzene rings is 2. The van der Waals surface area contributed by atoms with Crippen LogP contribution in [0.3, 0.4) is 0 Å². The highest BCUT2D eigenvalue weighted by atomic mass is 16.5. The second-order valence-electron chi connectivity index (χ2n) is 7.70. The van der Waals surface area contributed by atoms with Crippen LogP contribution in [-0.4, -0.2) is 57.2 Å². The Morgan fingerprint density at radius 2 is 1.67 bits per heavy atom. The van der Waals surface area contributed by atoms with E-state index in [0.717, 1.165) is 5.56 Å². The van der Waals surface area contributed by atoms with Crippen molar-refractivity contribution in [3.8, 4) is 23.0 Å². The Hall–Kier alpha value is -3.42. The van der Waals surface area contributed by atoms with Gasteiger partial charge in [-0.2, -0.15) is 0 Å². The summed E-state index contributed by atoms with van der Waals surface area (Å²) in [6.07, 6.45) is 0.865. The van der Waals surface area contributed by atoms with Gasteiger partial charge in [0.1, 0.15) is 0 Å². The van der Waals surface area contributed by atoms with E-state index in [1.807, 2.05) is 32.0 Å². The number of amides is 2. The summed E-state index contributed by atoms with van der Waals surface area (Å²) in [6, 6.07) is 11.0. The van der Waals surface area contributed by atoms with Crippen molar-refractivity contribution in [1.29, 1.82) is 0 Å². The largest absolute Gasteiger partial charge is 0.493 e. The van der Waals surface area contributed by atoms with E-state index in [-0.39, 0.29) is 18.2 Å². The van der Waals surface area contributed by atoms with Gasteiger partial charge in [0, 0.05) is 31.3 Å². The predicted octanol–water partition coefficient (Wildman–Crippen LogP) is 3.53. The van der Waals surface area contributed by atoms with Crippen LogP contribution in [0.2, 0.25) is 0 Å². The van der Waals surface area contributed by atoms with Crippen molar-refractivity contribution in [1.82, 2.24) is 4.90 Å². The normalized spacial score (nSPS) is 15.3. The lowest BCUT2D eigenvalue weighted by Gasteiger charge is -2.17. The second kappa shape index (κ2) is 11.4. The van der Waals surface area contributed by atoms with Gasteiger partial charge in [-0.05, 0) is 50.1 Å². The summed E-state index contributed by atoms with van der Waals surface area (Å²) < 4.78 is 21.8. The van der Waals surface area contributed by atoms with Crippen molar-refractivity contribution in [2.24, 2.45) is 5.92 Å². The van der Waals surface area contributed by atoms with Crippen molar-refractivity contribution >= 4 is 17.5 Å². The molecule has 0 aromatic heterocycles. The molecule has 0 radical (unpaired) electrons. The lowest BCUT2D eigenvalue weighted by Crippen LogP contribution is -2.30. The topological polar surface area (TPSA) is 86.3 Å². The van der Waals surface area contributed by atoms with Gasteiger partial charge < -0.3 is 29.2 Å². The summed E-state index contributed by atoms with van der Waals surface area (Å²) in [4.78, 5) is 27.1. The number of nitrogens with one attached hydrogen (secondary N) is 1. The lowest BCUT2D eigenvalue weighted by atomic mass is 10.1. The zero-order valence-corrected chi connectivity index (χ0v) is 19.7. The molecule has 0 unspecified atom stereocenters. The number of methoxy groups -OCH3 is 2. The van der Waals surface area contributed by atoms with Gasteiger partial charge in [0.2, 0.25) is 11.8 Å². The minimum absolute atomic E-state index is 0.0164. The van der Waals surface area contributed by atoms with Crippen LogP contribution in [0.4, 0.5) is 5.69 Å². The van der Waals surface area contributed by atoms with Crippen molar-refractivity contribution < 1.29 is 28.5 Å². The van der Waals surface area contributed by atoms with Crippen molar-refractivity contribution in [3.63, 3.8) is 0 Å². The zero-order valence-electron chi connectivity index (χ0n) is 19.7. The summed E-state index contributed by atoms with van der Waals surface area (Å²) in [6.45, 7) is 5.74. The van der Waals surface area contributed by atoms with Gasteiger partial charge in [-0.3, -0.25) is 9.59 Å². The molecule has 8 heteroatoms. The molecule has 1 aliphatic rings. The molecule has 2 amide bonds. The van der Waals surface area contributed by atoms with Gasteiger partial charge in [-0.1, -0.05) is 6.07 Å². The van der Waals surface area contributed by atoms with Gasteiger partial charge in [0.05, 0.1) is 33.4 Å². The first-order chi connectivity index (χ1) is 16.0. The summed E-state index contributed by atoms with van der Waals surface area (Å²) in [5, 5.41) is 2.91. The zero-order chi connectivity index (χ0) is 23.8. The molecule has 1 N–H and O–H groups in total. The number of hydrogen-bond acceptors (Lipinski definition) is 6. The van der Waals surface area contributed by atoms with E-state index in [0.29, 0.717) is 61.4 Å². The van der Waals surface area contributed by atoms with Crippen LogP contribution in [0.25, 0.3) is 0 Å². The third-order valence-electron chi connectivity index (χ3n) is 5.51. The first-order valence-corrected chi connectivity index (χ1v) is 11.2. The Bertz CT molecular complexity index is 977. The fourth-order valence-electron chi connectivity index (χ4n) is 3.84. The van der Waals surface area contributed by atoms with E-state index in [4.69, 9.17) is 18.9 Å². The summed E-state index contributed by atoms with van der Waals surface area (Å²) in [7, 11) is 3.19. The van der Waals surface area contributed by atoms with E-state index in [2.05, 4.69) is 5.32 Å². The Morgan fingerprint density at radius 1 is 0.970 bits per heavy atom. The number of likely N-dealkylation sites (tertiary alicyclic amines) is 1. The molecule has 33 heavy (non-hydrogen) atoms. The van der Waals surface area contributed by atoms with Crippen molar-refractivity contribution in [2.45, 2.75) is 26.7 Å². The summed E-state index contributed by atoms with van der Waals surface area (Å²) in [5.74, 6) is 1.94. The van der Waals surface area contributed by atoms with E-state index >= 15 is 0 Å². The van der Waals surface area contributed by atoms with Crippen molar-refractivity contribution in [3.05, 3.63) is 42.0 Å². The molecule has 1 atom stereocenters. The van der Waals surface area contributed by atoms with Gasteiger partial charge in [-0.15, -0.1) is 0 Å². The van der Waals surface area contributed by atoms with Crippen LogP contribution in [-0.2, 0) is 16.0 Å². The van der Waals surface area contributed by atoms with Gasteiger partial charge in [0.25, 0.3) is 0 Å². The molecule has 1 heterocycles. The van der Waals surface area contributed by atoms with Crippen LogP contribution >= 0.6 is 0 Å². The number of rotatable bonds is 11. The molecule has 178 valence electrons. The first-order valence-electron chi connectivity index (χ1n) is 11.2. The van der Waals surface area contributed by atoms with Crippen molar-refractivity contribution in [2.75, 3.05) is 45.8 Å². The molecule has 2 aromatic rings. The quantitative estimate of drug-likeness (QED) is 0.557. The number of ether oxygens (including phenoxy) is 4. The Morgan fingerprint density at radius 3 is 2.36 bits per heavy atom. The number of carbonyl (C=O) groups is 2. The van der Waals surface area contributed by atoms with Crippen LogP contribution < -0.4 is 24.3 Å². The molecule has 1 fully saturated rings. The molecule has 0 saturated carbocycles. The van der Waals surface area contributed by atoms with Gasteiger partial charge in [0.15, 0.2) is 23.0 Å². The Balaban J connectivity index is 1.58. The number of nitrogens with zero attached hydrogens (tertiary/aromatic N) is 1. The minimum Gasteiger partial charge on any atom is -0.493 e. The average Bonchev–Trinajstić information content (AvgIpc) is 3.20. The standard InChI is InChI=1S/C25H32N2O6/c1-5-32-21-10-8-19(15-23(21)33-6-2)26-25(29)18-14-24(28)27(16-18)12-11-17-7-9-20(30-3)22(13-17)31-4/h7-10,13,15,18H,5-6,11-12,14,16H2,1-4H3,(H,26,29)/t18-/m1/s1. The molecule has 1 aliphatic heterocycles. The van der Waals surface area contributed by atoms with E-state index < -0.39 is 5.92 Å². The molecule has 0 bridgehead atoms. The fourth-order valence-corrected chi connectivity index (χ4v) is 3.84. The molecule has 3 rings (SSSR count). The minimum atomic E-state index is -0.398. The predicted molar refractivity (Wildman–Crippen MR) is 125 cm³/mol. The third kappa shape index (κ3) is 6.09. The van der Waals surface area contributed by atoms with Gasteiger partial charge >= 0.3 is 0 Å². The molecule has 0 aliphatic carbocycles. The number of carbonyl (C=O) groups excluding carboxylic acids is 2. The van der Waals surface area contributed by atoms with Crippen LogP contribution in [0.5, 0.6) is 23.0 Å². The SMILES string of the molecule is CCOc1ccc(NC(=O)[C@@H]2CC(=O)N(CCc3ccc(OC)c(OC)c3)C2)cc1OCC. The lowest BCUT2D eigenvalue weighted by molar-refractivity contribution is -0.128. The number of anilines is 1. The molecule has 8 nitrogen and oxygen atoms in total. The Labute approximate surface area is 194 Å². The highest BCUT2D eigenvalue weighted by Gasteiger charge is 2.34. The third-order valence-corrected chi connectivity index (χ3v) is 5.51. The first kappa shape index (κ1) is 24.2. The second-order valence-corrected chi connectivity index (χ2v) is 7.70. The smallest absolute Gasteiger partial charge is 0.229 e. The monoisotopic (exact) mass is 456 g/mol. The molecular formula is C25H32N2O6. The maximum Gasteiger partial charge on any atom is 0.229 e. The maximum atomic E-state index is 12.8.